The van der Waals surface area contributed by atoms with Crippen molar-refractivity contribution >= 4 is 17.7 Å². The number of pyridine rings is 1. The van der Waals surface area contributed by atoms with Gasteiger partial charge in [0.2, 0.25) is 5.88 Å². The van der Waals surface area contributed by atoms with Gasteiger partial charge in [0.05, 0.1) is 6.54 Å². The van der Waals surface area contributed by atoms with Gasteiger partial charge in [-0.2, -0.15) is 11.8 Å². The number of guanidine groups is 1. The predicted molar refractivity (Wildman–Crippen MR) is 88.8 cm³/mol. The maximum absolute atomic E-state index is 6.03. The molecule has 1 saturated heterocycles. The first kappa shape index (κ1) is 15.9. The Morgan fingerprint density at radius 3 is 2.67 bits per heavy atom. The third-order valence-electron chi connectivity index (χ3n) is 2.97. The molecule has 0 atom stereocenters. The minimum atomic E-state index is -0.233. The van der Waals surface area contributed by atoms with Crippen LogP contribution in [-0.2, 0) is 6.54 Å². The summed E-state index contributed by atoms with van der Waals surface area (Å²) in [4.78, 5) is 10.9. The summed E-state index contributed by atoms with van der Waals surface area (Å²) in [6.45, 7) is 8.53. The summed E-state index contributed by atoms with van der Waals surface area (Å²) in [7, 11) is 0. The molecule has 2 N–H and O–H groups in total. The van der Waals surface area contributed by atoms with Gasteiger partial charge in [-0.15, -0.1) is 0 Å². The molecule has 6 heteroatoms. The summed E-state index contributed by atoms with van der Waals surface area (Å²) in [6, 6.07) is 3.86. The Labute approximate surface area is 131 Å². The highest BCUT2D eigenvalue weighted by atomic mass is 32.2. The van der Waals surface area contributed by atoms with Crippen molar-refractivity contribution in [1.29, 1.82) is 0 Å². The van der Waals surface area contributed by atoms with Crippen LogP contribution in [0.4, 0.5) is 0 Å². The van der Waals surface area contributed by atoms with E-state index in [9.17, 15) is 0 Å². The Morgan fingerprint density at radius 1 is 1.38 bits per heavy atom. The van der Waals surface area contributed by atoms with Crippen molar-refractivity contribution in [2.24, 2.45) is 10.7 Å². The van der Waals surface area contributed by atoms with Gasteiger partial charge in [-0.05, 0) is 26.3 Å². The van der Waals surface area contributed by atoms with E-state index in [1.807, 2.05) is 44.7 Å². The van der Waals surface area contributed by atoms with E-state index < -0.39 is 0 Å². The maximum atomic E-state index is 6.03. The molecule has 1 aliphatic heterocycles. The fourth-order valence-corrected chi connectivity index (χ4v) is 2.85. The highest BCUT2D eigenvalue weighted by Gasteiger charge is 2.13. The lowest BCUT2D eigenvalue weighted by Crippen LogP contribution is -2.42. The number of aromatic nitrogens is 1. The Bertz CT molecular complexity index is 475. The number of thioether (sulfide) groups is 1. The minimum Gasteiger partial charge on any atom is -0.472 e. The lowest BCUT2D eigenvalue weighted by Gasteiger charge is -2.27. The molecule has 2 rings (SSSR count). The third-order valence-corrected chi connectivity index (χ3v) is 3.91. The van der Waals surface area contributed by atoms with Gasteiger partial charge in [0.15, 0.2) is 5.96 Å². The van der Waals surface area contributed by atoms with E-state index >= 15 is 0 Å². The molecule has 0 saturated carbocycles. The maximum Gasteiger partial charge on any atom is 0.213 e. The van der Waals surface area contributed by atoms with Crippen LogP contribution in [-0.4, -0.2) is 46.0 Å². The van der Waals surface area contributed by atoms with Crippen molar-refractivity contribution in [3.05, 3.63) is 23.9 Å². The molecule has 1 aliphatic rings. The fraction of sp³-hybridized carbons (Fsp3) is 0.600. The highest BCUT2D eigenvalue weighted by Crippen LogP contribution is 2.15. The summed E-state index contributed by atoms with van der Waals surface area (Å²) in [5.74, 6) is 3.51. The molecule has 1 aromatic rings. The van der Waals surface area contributed by atoms with Crippen LogP contribution in [0, 0.1) is 0 Å². The monoisotopic (exact) mass is 308 g/mol. The smallest absolute Gasteiger partial charge is 0.213 e. The van der Waals surface area contributed by atoms with Crippen LogP contribution in [0.3, 0.4) is 0 Å². The van der Waals surface area contributed by atoms with Crippen LogP contribution in [0.1, 0.15) is 26.3 Å². The van der Waals surface area contributed by atoms with Crippen LogP contribution in [0.5, 0.6) is 5.88 Å². The molecule has 0 unspecified atom stereocenters. The van der Waals surface area contributed by atoms with E-state index in [-0.39, 0.29) is 5.60 Å². The van der Waals surface area contributed by atoms with E-state index in [0.29, 0.717) is 18.4 Å². The quantitative estimate of drug-likeness (QED) is 0.684. The van der Waals surface area contributed by atoms with Crippen molar-refractivity contribution in [2.45, 2.75) is 32.9 Å². The molecule has 0 aromatic carbocycles. The number of ether oxygens (including phenoxy) is 1. The molecule has 0 radical (unpaired) electrons. The number of nitrogens with zero attached hydrogens (tertiary/aromatic N) is 3. The van der Waals surface area contributed by atoms with E-state index in [4.69, 9.17) is 10.5 Å². The zero-order chi connectivity index (χ0) is 15.3. The normalized spacial score (nSPS) is 16.9. The summed E-state index contributed by atoms with van der Waals surface area (Å²) in [6.07, 6.45) is 1.80. The first-order valence-electron chi connectivity index (χ1n) is 7.20. The number of hydrogen-bond donors (Lipinski definition) is 1. The largest absolute Gasteiger partial charge is 0.472 e. The Morgan fingerprint density at radius 2 is 2.10 bits per heavy atom. The second-order valence-corrected chi connectivity index (χ2v) is 7.22. The van der Waals surface area contributed by atoms with Gasteiger partial charge in [-0.25, -0.2) is 9.98 Å². The lowest BCUT2D eigenvalue weighted by molar-refractivity contribution is 0.124. The lowest BCUT2D eigenvalue weighted by atomic mass is 10.2. The topological polar surface area (TPSA) is 63.7 Å². The molecular weight excluding hydrogens is 284 g/mol. The Balaban J connectivity index is 1.90. The molecule has 1 aromatic heterocycles. The van der Waals surface area contributed by atoms with Crippen molar-refractivity contribution in [3.8, 4) is 5.88 Å². The van der Waals surface area contributed by atoms with E-state index in [1.54, 1.807) is 6.20 Å². The molecule has 0 amide bonds. The SMILES string of the molecule is CC(C)(C)Oc1ccc(CN=C(N)N2CCSCC2)cn1. The van der Waals surface area contributed by atoms with Crippen LogP contribution < -0.4 is 10.5 Å². The van der Waals surface area contributed by atoms with Crippen LogP contribution in [0.25, 0.3) is 0 Å². The summed E-state index contributed by atoms with van der Waals surface area (Å²) in [5.41, 5.74) is 6.83. The molecule has 1 fully saturated rings. The van der Waals surface area contributed by atoms with E-state index in [1.165, 1.54) is 0 Å². The number of nitrogens with two attached hydrogens (primary N) is 1. The zero-order valence-electron chi connectivity index (χ0n) is 13.0. The van der Waals surface area contributed by atoms with Crippen molar-refractivity contribution in [2.75, 3.05) is 24.6 Å². The van der Waals surface area contributed by atoms with Gasteiger partial charge in [-0.3, -0.25) is 0 Å². The van der Waals surface area contributed by atoms with Crippen LogP contribution in [0.15, 0.2) is 23.3 Å². The number of rotatable bonds is 3. The summed E-state index contributed by atoms with van der Waals surface area (Å²) < 4.78 is 5.70. The third kappa shape index (κ3) is 5.46. The first-order valence-corrected chi connectivity index (χ1v) is 8.36. The first-order chi connectivity index (χ1) is 9.94. The molecular formula is C15H24N4OS. The standard InChI is InChI=1S/C15H24N4OS/c1-15(2,3)20-13-5-4-12(10-17-13)11-18-14(16)19-6-8-21-9-7-19/h4-5,10H,6-9,11H2,1-3H3,(H2,16,18). The average Bonchev–Trinajstić information content (AvgIpc) is 2.45. The summed E-state index contributed by atoms with van der Waals surface area (Å²) >= 11 is 1.96. The molecule has 0 bridgehead atoms. The van der Waals surface area contributed by atoms with Gasteiger partial charge in [-0.1, -0.05) is 6.07 Å². The number of aliphatic imine (C=N–C) groups is 1. The average molecular weight is 308 g/mol. The van der Waals surface area contributed by atoms with Crippen molar-refractivity contribution in [1.82, 2.24) is 9.88 Å². The molecule has 5 nitrogen and oxygen atoms in total. The number of hydrogen-bond acceptors (Lipinski definition) is 4. The van der Waals surface area contributed by atoms with Gasteiger partial charge in [0.1, 0.15) is 5.60 Å². The predicted octanol–water partition coefficient (Wildman–Crippen LogP) is 2.12. The zero-order valence-corrected chi connectivity index (χ0v) is 13.8. The Hall–Kier alpha value is -1.43. The van der Waals surface area contributed by atoms with E-state index in [0.717, 1.165) is 30.2 Å². The molecule has 21 heavy (non-hydrogen) atoms. The molecule has 2 heterocycles. The van der Waals surface area contributed by atoms with Crippen LogP contribution >= 0.6 is 11.8 Å². The van der Waals surface area contributed by atoms with Crippen LogP contribution in [0.2, 0.25) is 0 Å². The molecule has 0 spiro atoms. The van der Waals surface area contributed by atoms with Crippen molar-refractivity contribution < 1.29 is 4.74 Å². The fourth-order valence-electron chi connectivity index (χ4n) is 1.94. The van der Waals surface area contributed by atoms with Crippen molar-refractivity contribution in [3.63, 3.8) is 0 Å². The Kier molecular flexibility index (Phi) is 5.33. The van der Waals surface area contributed by atoms with Gasteiger partial charge < -0.3 is 15.4 Å². The minimum absolute atomic E-state index is 0.233. The molecule has 0 aliphatic carbocycles. The second-order valence-electron chi connectivity index (χ2n) is 5.99. The van der Waals surface area contributed by atoms with E-state index in [2.05, 4.69) is 14.9 Å². The summed E-state index contributed by atoms with van der Waals surface area (Å²) in [5, 5.41) is 0. The molecule has 116 valence electrons. The second kappa shape index (κ2) is 7.02. The highest BCUT2D eigenvalue weighted by molar-refractivity contribution is 7.99. The van der Waals surface area contributed by atoms with Gasteiger partial charge in [0.25, 0.3) is 0 Å². The van der Waals surface area contributed by atoms with Gasteiger partial charge >= 0.3 is 0 Å². The van der Waals surface area contributed by atoms with Gasteiger partial charge in [0, 0.05) is 36.9 Å².